The van der Waals surface area contributed by atoms with Crippen LogP contribution in [0.1, 0.15) is 56.5 Å². The van der Waals surface area contributed by atoms with Crippen LogP contribution in [0.2, 0.25) is 0 Å². The molecule has 13 N–H and O–H groups in total. The lowest BCUT2D eigenvalue weighted by Gasteiger charge is -2.19. The fourth-order valence-electron chi connectivity index (χ4n) is 6.02. The topological polar surface area (TPSA) is 399 Å². The van der Waals surface area contributed by atoms with Crippen LogP contribution in [0, 0.1) is 0 Å². The third-order valence-electron chi connectivity index (χ3n) is 8.98. The van der Waals surface area contributed by atoms with Gasteiger partial charge in [-0.3, -0.25) is 33.5 Å². The number of amides is 1. The summed E-state index contributed by atoms with van der Waals surface area (Å²) in [7, 11) is -5.03. The number of alkyl carbamates (subject to hydrolysis) is 1. The van der Waals surface area contributed by atoms with Crippen molar-refractivity contribution in [1.29, 1.82) is 0 Å². The number of unbranched alkanes of at least 4 members (excludes halogenated alkanes) is 1. The normalized spacial score (nSPS) is 20.2. The molecule has 0 bridgehead atoms. The van der Waals surface area contributed by atoms with Crippen molar-refractivity contribution in [2.24, 2.45) is 5.73 Å². The summed E-state index contributed by atoms with van der Waals surface area (Å²) in [5.41, 5.74) is 24.8. The number of benzene rings is 1. The quantitative estimate of drug-likeness (QED) is 0.0181. The summed E-state index contributed by atoms with van der Waals surface area (Å²) in [5.74, 6) is -0.247. The smallest absolute Gasteiger partial charge is 0.458 e. The molecule has 28 heteroatoms. The van der Waals surface area contributed by atoms with Gasteiger partial charge in [0.05, 0.1) is 25.6 Å². The average molecular weight is 900 g/mol. The summed E-state index contributed by atoms with van der Waals surface area (Å²) in [5, 5.41) is 14.7. The molecule has 0 saturated carbocycles. The Morgan fingerprint density at radius 2 is 1.75 bits per heavy atom. The summed E-state index contributed by atoms with van der Waals surface area (Å²) in [6.45, 7) is 0.200. The number of aromatic nitrogens is 6. The zero-order valence-corrected chi connectivity index (χ0v) is 34.1. The molecule has 26 nitrogen and oxygen atoms in total. The van der Waals surface area contributed by atoms with Gasteiger partial charge in [0.1, 0.15) is 55.0 Å². The minimum absolute atomic E-state index is 0.0708. The molecule has 6 atom stereocenters. The molecule has 2 aliphatic heterocycles. The number of carbonyl (C=O) groups excluding carboxylic acids is 2. The maximum Gasteiger partial charge on any atom is 0.469 e. The van der Waals surface area contributed by atoms with E-state index in [0.29, 0.717) is 55.5 Å². The van der Waals surface area contributed by atoms with Gasteiger partial charge in [-0.2, -0.15) is 4.98 Å². The number of carbonyl (C=O) groups is 2. The summed E-state index contributed by atoms with van der Waals surface area (Å²) >= 11 is 0. The lowest BCUT2D eigenvalue weighted by molar-refractivity contribution is -0.176. The number of phosphoric acid groups is 1. The number of ether oxygens (including phenoxy) is 4. The lowest BCUT2D eigenvalue weighted by Crippen LogP contribution is -2.38. The predicted octanol–water partition coefficient (Wildman–Crippen LogP) is 1.47. The van der Waals surface area contributed by atoms with Gasteiger partial charge in [0.25, 0.3) is 0 Å². The van der Waals surface area contributed by atoms with Crippen LogP contribution in [-0.4, -0.2) is 106 Å². The van der Waals surface area contributed by atoms with Crippen molar-refractivity contribution in [3.05, 3.63) is 65.2 Å². The summed E-state index contributed by atoms with van der Waals surface area (Å²) < 4.78 is 56.0. The predicted molar refractivity (Wildman–Crippen MR) is 212 cm³/mol. The van der Waals surface area contributed by atoms with Crippen molar-refractivity contribution in [1.82, 2.24) is 34.4 Å². The van der Waals surface area contributed by atoms with Gasteiger partial charge >= 0.3 is 34.3 Å². The van der Waals surface area contributed by atoms with E-state index in [1.807, 2.05) is 0 Å². The molecule has 3 aromatic heterocycles. The summed E-state index contributed by atoms with van der Waals surface area (Å²) in [6, 6.07) is 7.63. The number of rotatable bonds is 17. The standard InChI is InChI=1S/C24H31N8O7P.C9H14N3O6P.H2O2/c25-15-6-4-14(5-7-15)10-36-24(34)28-8-2-1-3-16(26)23(33)39-17-9-19(38-18(17)11-37-40-35)32-13-31-20-21(27)29-12-30-22(20)32;10-7-3-4-12(9(13)11-7)8-2-1-6(18-8)5-17-19(14,15)16;1-2/h4-7,12-13,16-19H,1-3,8-11,25-26H2,(H,28,34)(H2,27,29,30);3-4,6,8H,1-2,5H2,(H2,10,11,13)(H2,14,15,16);1-2H/t16?,17-,18?,19?;;/m0../s1. The highest BCUT2D eigenvalue weighted by atomic mass is 31.2. The molecule has 0 radical (unpaired) electrons. The Labute approximate surface area is 347 Å². The van der Waals surface area contributed by atoms with Crippen molar-refractivity contribution in [3.63, 3.8) is 0 Å². The third kappa shape index (κ3) is 15.0. The van der Waals surface area contributed by atoms with E-state index in [2.05, 4.69) is 29.8 Å². The van der Waals surface area contributed by atoms with Gasteiger partial charge in [-0.1, -0.05) is 12.1 Å². The molecule has 5 unspecified atom stereocenters. The number of anilines is 3. The first-order valence-corrected chi connectivity index (χ1v) is 20.6. The van der Waals surface area contributed by atoms with Crippen LogP contribution in [0.4, 0.5) is 22.1 Å². The van der Waals surface area contributed by atoms with Crippen molar-refractivity contribution in [3.8, 4) is 0 Å². The van der Waals surface area contributed by atoms with Crippen LogP contribution in [0.3, 0.4) is 0 Å². The number of phosphoric ester groups is 1. The Morgan fingerprint density at radius 1 is 1.00 bits per heavy atom. The number of hydrogen-bond donors (Lipinski definition) is 9. The van der Waals surface area contributed by atoms with Gasteiger partial charge in [-0.15, -0.1) is 0 Å². The Kier molecular flexibility index (Phi) is 18.8. The van der Waals surface area contributed by atoms with Crippen LogP contribution in [-0.2, 0) is 48.5 Å². The minimum atomic E-state index is -4.50. The Hall–Kier alpha value is -5.24. The van der Waals surface area contributed by atoms with Crippen LogP contribution >= 0.6 is 16.5 Å². The number of nitrogen functional groups attached to an aromatic ring is 3. The van der Waals surface area contributed by atoms with Crippen molar-refractivity contribution >= 4 is 57.1 Å². The first-order valence-electron chi connectivity index (χ1n) is 18.3. The van der Waals surface area contributed by atoms with E-state index in [9.17, 15) is 23.5 Å². The molecule has 2 fully saturated rings. The Morgan fingerprint density at radius 3 is 2.46 bits per heavy atom. The first kappa shape index (κ1) is 48.4. The number of nitrogens with one attached hydrogen (secondary N) is 1. The largest absolute Gasteiger partial charge is 0.469 e. The highest BCUT2D eigenvalue weighted by Gasteiger charge is 2.40. The van der Waals surface area contributed by atoms with Gasteiger partial charge in [0.2, 0.25) is 0 Å². The molecule has 1 amide bonds. The van der Waals surface area contributed by atoms with E-state index in [-0.39, 0.29) is 37.9 Å². The van der Waals surface area contributed by atoms with Gasteiger partial charge in [0, 0.05) is 24.8 Å². The number of imidazole rings is 1. The number of hydrogen-bond acceptors (Lipinski definition) is 21. The molecule has 1 aromatic carbocycles. The molecular formula is C33H47N11O15P2. The monoisotopic (exact) mass is 899 g/mol. The second kappa shape index (κ2) is 23.7. The Balaban J connectivity index is 0.000000325. The molecule has 61 heavy (non-hydrogen) atoms. The molecule has 2 saturated heterocycles. The summed E-state index contributed by atoms with van der Waals surface area (Å²) in [6.07, 6.45) is 3.62. The molecule has 6 rings (SSSR count). The maximum atomic E-state index is 12.7. The highest BCUT2D eigenvalue weighted by molar-refractivity contribution is 7.46. The van der Waals surface area contributed by atoms with Crippen molar-refractivity contribution < 1.29 is 67.0 Å². The van der Waals surface area contributed by atoms with E-state index in [4.69, 9.17) is 66.7 Å². The lowest BCUT2D eigenvalue weighted by atomic mass is 10.1. The van der Waals surface area contributed by atoms with Crippen LogP contribution < -0.4 is 33.9 Å². The van der Waals surface area contributed by atoms with E-state index in [0.717, 1.165) is 5.56 Å². The number of esters is 1. The molecule has 5 heterocycles. The van der Waals surface area contributed by atoms with E-state index in [1.54, 1.807) is 28.8 Å². The van der Waals surface area contributed by atoms with E-state index >= 15 is 0 Å². The van der Waals surface area contributed by atoms with Crippen molar-refractivity contribution in [2.45, 2.75) is 81.9 Å². The second-order valence-corrected chi connectivity index (χ2v) is 14.9. The molecule has 2 aliphatic rings. The van der Waals surface area contributed by atoms with Gasteiger partial charge in [-0.05, 0) is 55.9 Å². The van der Waals surface area contributed by atoms with E-state index < -0.39 is 71.1 Å². The molecule has 4 aromatic rings. The summed E-state index contributed by atoms with van der Waals surface area (Å²) in [4.78, 5) is 69.3. The zero-order chi connectivity index (χ0) is 44.5. The van der Waals surface area contributed by atoms with Crippen LogP contribution in [0.25, 0.3) is 11.2 Å². The fraction of sp³-hybridized carbons (Fsp3) is 0.485. The van der Waals surface area contributed by atoms with Crippen molar-refractivity contribution in [2.75, 3.05) is 37.0 Å². The van der Waals surface area contributed by atoms with Gasteiger partial charge < -0.3 is 57.0 Å². The van der Waals surface area contributed by atoms with E-state index in [1.165, 1.54) is 29.5 Å². The first-order chi connectivity index (χ1) is 29.2. The average Bonchev–Trinajstić information content (AvgIpc) is 3.99. The number of nitrogens with zero attached hydrogens (tertiary/aromatic N) is 6. The third-order valence-corrected chi connectivity index (χ3v) is 9.72. The Bertz CT molecular complexity index is 2140. The number of nitrogens with two attached hydrogens (primary N) is 4. The highest BCUT2D eigenvalue weighted by Crippen LogP contribution is 2.38. The van der Waals surface area contributed by atoms with Crippen LogP contribution in [0.5, 0.6) is 0 Å². The maximum absolute atomic E-state index is 12.7. The molecule has 0 spiro atoms. The molecular weight excluding hydrogens is 852 g/mol. The minimum Gasteiger partial charge on any atom is -0.458 e. The van der Waals surface area contributed by atoms with Gasteiger partial charge in [-0.25, -0.2) is 33.7 Å². The fourth-order valence-corrected chi connectivity index (χ4v) is 6.59. The zero-order valence-electron chi connectivity index (χ0n) is 32.3. The molecule has 0 aliphatic carbocycles. The second-order valence-electron chi connectivity index (χ2n) is 13.3. The SMILES string of the molecule is Nc1ccc(COC(=O)NCCCCC(N)C(=O)O[C@H]2CC(n3cnc4c(N)ncnc43)OC2COP=O)cc1.Nc1ccn(C2CCC(COP(=O)(O)O)O2)c(=O)n1.OO. The van der Waals surface area contributed by atoms with Gasteiger partial charge in [0.15, 0.2) is 11.5 Å². The van der Waals surface area contributed by atoms with Crippen LogP contribution in [0.15, 0.2) is 54.0 Å². The molecule has 334 valence electrons. The number of fused-ring (bicyclic) bond motifs is 1.